The Morgan fingerprint density at radius 2 is 1.92 bits per heavy atom. The van der Waals surface area contributed by atoms with Gasteiger partial charge >= 0.3 is 12.1 Å². The Balaban J connectivity index is 3.51. The summed E-state index contributed by atoms with van der Waals surface area (Å²) in [6.07, 6.45) is -1.10. The van der Waals surface area contributed by atoms with Crippen molar-refractivity contribution in [3.8, 4) is 0 Å². The highest BCUT2D eigenvalue weighted by Crippen LogP contribution is 1.90. The number of rotatable bonds is 3. The van der Waals surface area contributed by atoms with E-state index in [1.165, 1.54) is 0 Å². The van der Waals surface area contributed by atoms with Crippen LogP contribution in [0.2, 0.25) is 0 Å². The van der Waals surface area contributed by atoms with Gasteiger partial charge in [-0.25, -0.2) is 9.59 Å². The summed E-state index contributed by atoms with van der Waals surface area (Å²) < 4.78 is 13.1. The molecule has 12 heavy (non-hydrogen) atoms. The zero-order chi connectivity index (χ0) is 9.56. The molecule has 0 aromatic heterocycles. The van der Waals surface area contributed by atoms with E-state index in [1.807, 2.05) is 0 Å². The average Bonchev–Trinajstić information content (AvgIpc) is 1.99. The Bertz CT molecular complexity index is 163. The summed E-state index contributed by atoms with van der Waals surface area (Å²) in [5.41, 5.74) is 0. The molecule has 0 bridgehead atoms. The van der Waals surface area contributed by atoms with E-state index in [0.717, 1.165) is 7.11 Å². The molecule has 0 aromatic carbocycles. The molecule has 0 radical (unpaired) electrons. The fourth-order valence-electron chi connectivity index (χ4n) is 0.474. The first-order valence-electron chi connectivity index (χ1n) is 3.46. The van der Waals surface area contributed by atoms with E-state index in [4.69, 9.17) is 0 Å². The van der Waals surface area contributed by atoms with Crippen molar-refractivity contribution in [2.24, 2.45) is 0 Å². The molecule has 0 aliphatic heterocycles. The molecule has 5 heteroatoms. The third kappa shape index (κ3) is 5.52. The first-order chi connectivity index (χ1) is 5.56. The monoisotopic (exact) mass is 176 g/mol. The van der Waals surface area contributed by atoms with Crippen LogP contribution >= 0.6 is 0 Å². The van der Waals surface area contributed by atoms with Crippen LogP contribution in [-0.2, 0) is 19.0 Å². The van der Waals surface area contributed by atoms with Gasteiger partial charge in [0.1, 0.15) is 0 Å². The minimum Gasteiger partial charge on any atom is -0.460 e. The molecular weight excluding hydrogens is 164 g/mol. The van der Waals surface area contributed by atoms with Crippen LogP contribution in [-0.4, -0.2) is 31.9 Å². The van der Waals surface area contributed by atoms with Gasteiger partial charge in [0.05, 0.1) is 13.2 Å². The van der Waals surface area contributed by atoms with E-state index in [9.17, 15) is 9.59 Å². The number of carbonyl (C=O) groups is 2. The standard InChI is InChI=1S/C7H12O5/c1-5(2)12-6(8)4-11-7(9)10-3/h5H,4H2,1-3H3. The third-order valence-corrected chi connectivity index (χ3v) is 0.842. The van der Waals surface area contributed by atoms with Gasteiger partial charge in [-0.15, -0.1) is 0 Å². The number of ether oxygens (including phenoxy) is 3. The quantitative estimate of drug-likeness (QED) is 0.593. The lowest BCUT2D eigenvalue weighted by Gasteiger charge is -2.07. The summed E-state index contributed by atoms with van der Waals surface area (Å²) in [7, 11) is 1.16. The molecule has 0 atom stereocenters. The molecule has 0 aliphatic carbocycles. The fourth-order valence-corrected chi connectivity index (χ4v) is 0.474. The van der Waals surface area contributed by atoms with Crippen molar-refractivity contribution in [3.05, 3.63) is 0 Å². The van der Waals surface area contributed by atoms with Crippen molar-refractivity contribution in [2.45, 2.75) is 20.0 Å². The first kappa shape index (κ1) is 10.7. The Labute approximate surface area is 70.6 Å². The zero-order valence-electron chi connectivity index (χ0n) is 7.33. The Hall–Kier alpha value is -1.26. The van der Waals surface area contributed by atoms with Crippen molar-refractivity contribution in [3.63, 3.8) is 0 Å². The summed E-state index contributed by atoms with van der Waals surface area (Å²) in [5.74, 6) is -0.588. The van der Waals surface area contributed by atoms with Crippen LogP contribution in [0.25, 0.3) is 0 Å². The molecule has 0 fully saturated rings. The van der Waals surface area contributed by atoms with E-state index in [-0.39, 0.29) is 6.10 Å². The summed E-state index contributed by atoms with van der Waals surface area (Å²) >= 11 is 0. The normalized spacial score (nSPS) is 9.33. The molecule has 0 heterocycles. The Morgan fingerprint density at radius 3 is 2.33 bits per heavy atom. The van der Waals surface area contributed by atoms with Gasteiger partial charge in [-0.3, -0.25) is 0 Å². The molecule has 0 saturated heterocycles. The summed E-state index contributed by atoms with van der Waals surface area (Å²) in [6, 6.07) is 0. The van der Waals surface area contributed by atoms with Crippen LogP contribution < -0.4 is 0 Å². The van der Waals surface area contributed by atoms with Gasteiger partial charge < -0.3 is 14.2 Å². The van der Waals surface area contributed by atoms with Crippen LogP contribution in [0.15, 0.2) is 0 Å². The molecular formula is C7H12O5. The second-order valence-electron chi connectivity index (χ2n) is 2.28. The van der Waals surface area contributed by atoms with Gasteiger partial charge in [0.15, 0.2) is 6.61 Å². The lowest BCUT2D eigenvalue weighted by molar-refractivity contribution is -0.151. The third-order valence-electron chi connectivity index (χ3n) is 0.842. The van der Waals surface area contributed by atoms with Gasteiger partial charge in [0, 0.05) is 0 Å². The first-order valence-corrected chi connectivity index (χ1v) is 3.46. The molecule has 5 nitrogen and oxygen atoms in total. The molecule has 70 valence electrons. The molecule has 0 amide bonds. The zero-order valence-corrected chi connectivity index (χ0v) is 7.33. The topological polar surface area (TPSA) is 61.8 Å². The van der Waals surface area contributed by atoms with Crippen LogP contribution in [0, 0.1) is 0 Å². The molecule has 0 unspecified atom stereocenters. The predicted molar refractivity (Wildman–Crippen MR) is 39.6 cm³/mol. The van der Waals surface area contributed by atoms with Gasteiger partial charge in [0.2, 0.25) is 0 Å². The number of methoxy groups -OCH3 is 1. The van der Waals surface area contributed by atoms with E-state index in [0.29, 0.717) is 0 Å². The van der Waals surface area contributed by atoms with E-state index in [2.05, 4.69) is 14.2 Å². The number of hydrogen-bond acceptors (Lipinski definition) is 5. The number of carbonyl (C=O) groups excluding carboxylic acids is 2. The largest absolute Gasteiger partial charge is 0.508 e. The lowest BCUT2D eigenvalue weighted by atomic mass is 10.5. The minimum absolute atomic E-state index is 0.209. The van der Waals surface area contributed by atoms with E-state index < -0.39 is 18.7 Å². The van der Waals surface area contributed by atoms with E-state index >= 15 is 0 Å². The van der Waals surface area contributed by atoms with Crippen LogP contribution in [0.4, 0.5) is 4.79 Å². The molecule has 0 spiro atoms. The highest BCUT2D eigenvalue weighted by molar-refractivity contribution is 5.73. The van der Waals surface area contributed by atoms with Crippen LogP contribution in [0.1, 0.15) is 13.8 Å². The van der Waals surface area contributed by atoms with Crippen molar-refractivity contribution >= 4 is 12.1 Å². The summed E-state index contributed by atoms with van der Waals surface area (Å²) in [5, 5.41) is 0. The Morgan fingerprint density at radius 1 is 1.33 bits per heavy atom. The highest BCUT2D eigenvalue weighted by Gasteiger charge is 2.08. The Kier molecular flexibility index (Phi) is 4.83. The smallest absolute Gasteiger partial charge is 0.460 e. The van der Waals surface area contributed by atoms with Crippen molar-refractivity contribution < 1.29 is 23.8 Å². The van der Waals surface area contributed by atoms with Crippen molar-refractivity contribution in [1.29, 1.82) is 0 Å². The number of esters is 1. The molecule has 0 rings (SSSR count). The SMILES string of the molecule is COC(=O)OCC(=O)OC(C)C. The second kappa shape index (κ2) is 5.40. The maximum atomic E-state index is 10.7. The molecule has 0 aromatic rings. The minimum atomic E-state index is -0.893. The maximum absolute atomic E-state index is 10.7. The van der Waals surface area contributed by atoms with Gasteiger partial charge in [-0.1, -0.05) is 0 Å². The fraction of sp³-hybridized carbons (Fsp3) is 0.714. The predicted octanol–water partition coefficient (Wildman–Crippen LogP) is 0.721. The van der Waals surface area contributed by atoms with Crippen LogP contribution in [0.5, 0.6) is 0 Å². The van der Waals surface area contributed by atoms with Gasteiger partial charge in [-0.05, 0) is 13.8 Å². The van der Waals surface area contributed by atoms with Crippen molar-refractivity contribution in [2.75, 3.05) is 13.7 Å². The molecule has 0 saturated carbocycles. The maximum Gasteiger partial charge on any atom is 0.508 e. The number of hydrogen-bond donors (Lipinski definition) is 0. The highest BCUT2D eigenvalue weighted by atomic mass is 16.7. The summed E-state index contributed by atoms with van der Waals surface area (Å²) in [4.78, 5) is 21.1. The molecule has 0 N–H and O–H groups in total. The molecule has 0 aliphatic rings. The average molecular weight is 176 g/mol. The van der Waals surface area contributed by atoms with Crippen molar-refractivity contribution in [1.82, 2.24) is 0 Å². The van der Waals surface area contributed by atoms with E-state index in [1.54, 1.807) is 13.8 Å². The van der Waals surface area contributed by atoms with Gasteiger partial charge in [0.25, 0.3) is 0 Å². The summed E-state index contributed by atoms with van der Waals surface area (Å²) in [6.45, 7) is 3.00. The second-order valence-corrected chi connectivity index (χ2v) is 2.28. The van der Waals surface area contributed by atoms with Crippen LogP contribution in [0.3, 0.4) is 0 Å². The van der Waals surface area contributed by atoms with Gasteiger partial charge in [-0.2, -0.15) is 0 Å². The lowest BCUT2D eigenvalue weighted by Crippen LogP contribution is -2.19.